The van der Waals surface area contributed by atoms with Crippen molar-refractivity contribution in [2.45, 2.75) is 20.1 Å². The second-order valence-corrected chi connectivity index (χ2v) is 4.88. The maximum Gasteiger partial charge on any atom is 0.299 e. The lowest BCUT2D eigenvalue weighted by Gasteiger charge is -2.25. The molecule has 1 heterocycles. The quantitative estimate of drug-likeness (QED) is 0.584. The molecule has 120 valence electrons. The van der Waals surface area contributed by atoms with Gasteiger partial charge in [0.15, 0.2) is 12.0 Å². The number of hydrogen-bond donors (Lipinski definition) is 0. The Morgan fingerprint density at radius 2 is 1.68 bits per heavy atom. The largest absolute Gasteiger partial charge is 0.356 e. The molecule has 0 aromatic heterocycles. The Kier molecular flexibility index (Phi) is 4.88. The molecule has 1 aliphatic heterocycles. The zero-order chi connectivity index (χ0) is 16.3. The van der Waals surface area contributed by atoms with Crippen LogP contribution in [0.1, 0.15) is 12.5 Å². The third kappa shape index (κ3) is 3.31. The minimum Gasteiger partial charge on any atom is -0.356 e. The molecule has 1 aliphatic rings. The molecule has 0 bridgehead atoms. The summed E-state index contributed by atoms with van der Waals surface area (Å²) in [6, 6.07) is 2.67. The van der Waals surface area contributed by atoms with Gasteiger partial charge in [0.1, 0.15) is 0 Å². The van der Waals surface area contributed by atoms with Crippen LogP contribution < -0.4 is 4.90 Å². The fourth-order valence-corrected chi connectivity index (χ4v) is 2.41. The van der Waals surface area contributed by atoms with Crippen LogP contribution in [0.5, 0.6) is 0 Å². The van der Waals surface area contributed by atoms with Crippen LogP contribution >= 0.6 is 0 Å². The third-order valence-electron chi connectivity index (χ3n) is 3.37. The average molecular weight is 311 g/mol. The predicted molar refractivity (Wildman–Crippen MR) is 78.1 cm³/mol. The Balaban J connectivity index is 2.48. The number of aryl methyl sites for hydroxylation is 1. The molecule has 0 aliphatic carbocycles. The first-order chi connectivity index (χ1) is 10.4. The molecule has 0 amide bonds. The van der Waals surface area contributed by atoms with Gasteiger partial charge in [-0.2, -0.15) is 0 Å². The molecule has 1 fully saturated rings. The molecule has 9 nitrogen and oxygen atoms in total. The summed E-state index contributed by atoms with van der Waals surface area (Å²) in [5.41, 5.74) is -0.119. The van der Waals surface area contributed by atoms with Crippen molar-refractivity contribution in [3.05, 3.63) is 37.9 Å². The Morgan fingerprint density at radius 3 is 2.09 bits per heavy atom. The summed E-state index contributed by atoms with van der Waals surface area (Å²) in [5, 5.41) is 22.6. The van der Waals surface area contributed by atoms with E-state index in [9.17, 15) is 20.2 Å². The molecule has 9 heteroatoms. The fourth-order valence-electron chi connectivity index (χ4n) is 2.41. The second-order valence-electron chi connectivity index (χ2n) is 4.88. The Labute approximate surface area is 126 Å². The number of anilines is 1. The highest BCUT2D eigenvalue weighted by Crippen LogP contribution is 2.38. The van der Waals surface area contributed by atoms with Gasteiger partial charge in [0.2, 0.25) is 0 Å². The van der Waals surface area contributed by atoms with Crippen LogP contribution in [-0.4, -0.2) is 42.4 Å². The summed E-state index contributed by atoms with van der Waals surface area (Å²) in [6.45, 7) is 4.79. The van der Waals surface area contributed by atoms with E-state index in [1.165, 1.54) is 12.1 Å². The van der Waals surface area contributed by atoms with E-state index < -0.39 is 16.1 Å². The first kappa shape index (κ1) is 16.1. The van der Waals surface area contributed by atoms with Crippen molar-refractivity contribution >= 4 is 17.1 Å². The maximum atomic E-state index is 11.3. The van der Waals surface area contributed by atoms with Crippen molar-refractivity contribution in [1.82, 2.24) is 0 Å². The molecule has 2 rings (SSSR count). The summed E-state index contributed by atoms with van der Waals surface area (Å²) in [4.78, 5) is 22.9. The molecule has 0 N–H and O–H groups in total. The SMILES string of the molecule is CCN(CC1OCCO1)c1c([N+](=O)[O-])cc(C)cc1[N+](=O)[O-]. The van der Waals surface area contributed by atoms with E-state index in [4.69, 9.17) is 9.47 Å². The molecule has 1 saturated heterocycles. The number of nitro benzene ring substituents is 2. The molecule has 0 spiro atoms. The molecule has 0 unspecified atom stereocenters. The van der Waals surface area contributed by atoms with Gasteiger partial charge in [-0.05, 0) is 19.4 Å². The molecular formula is C13H17N3O6. The van der Waals surface area contributed by atoms with Crippen molar-refractivity contribution < 1.29 is 19.3 Å². The zero-order valence-corrected chi connectivity index (χ0v) is 12.4. The van der Waals surface area contributed by atoms with Crippen LogP contribution in [0.15, 0.2) is 12.1 Å². The van der Waals surface area contributed by atoms with E-state index in [0.717, 1.165) is 0 Å². The van der Waals surface area contributed by atoms with E-state index in [1.54, 1.807) is 18.7 Å². The molecule has 0 saturated carbocycles. The Morgan fingerprint density at radius 1 is 1.18 bits per heavy atom. The van der Waals surface area contributed by atoms with Gasteiger partial charge in [0, 0.05) is 18.7 Å². The van der Waals surface area contributed by atoms with Crippen LogP contribution in [0.2, 0.25) is 0 Å². The summed E-state index contributed by atoms with van der Waals surface area (Å²) in [7, 11) is 0. The van der Waals surface area contributed by atoms with Crippen molar-refractivity contribution in [2.75, 3.05) is 31.2 Å². The normalized spacial score (nSPS) is 15.0. The number of rotatable bonds is 6. The van der Waals surface area contributed by atoms with Crippen LogP contribution in [0.25, 0.3) is 0 Å². The maximum absolute atomic E-state index is 11.3. The van der Waals surface area contributed by atoms with E-state index in [0.29, 0.717) is 25.3 Å². The van der Waals surface area contributed by atoms with Gasteiger partial charge in [-0.3, -0.25) is 20.2 Å². The molecule has 1 aromatic rings. The van der Waals surface area contributed by atoms with Gasteiger partial charge in [-0.1, -0.05) is 0 Å². The van der Waals surface area contributed by atoms with Crippen molar-refractivity contribution in [3.63, 3.8) is 0 Å². The Hall–Kier alpha value is -2.26. The highest BCUT2D eigenvalue weighted by atomic mass is 16.7. The summed E-state index contributed by atoms with van der Waals surface area (Å²) < 4.78 is 10.7. The number of hydrogen-bond acceptors (Lipinski definition) is 7. The third-order valence-corrected chi connectivity index (χ3v) is 3.37. The highest BCUT2D eigenvalue weighted by molar-refractivity contribution is 5.76. The van der Waals surface area contributed by atoms with Crippen molar-refractivity contribution in [2.24, 2.45) is 0 Å². The lowest BCUT2D eigenvalue weighted by atomic mass is 10.1. The fraction of sp³-hybridized carbons (Fsp3) is 0.538. The van der Waals surface area contributed by atoms with Gasteiger partial charge in [0.05, 0.1) is 29.6 Å². The molecule has 1 aromatic carbocycles. The number of ether oxygens (including phenoxy) is 2. The van der Waals surface area contributed by atoms with Gasteiger partial charge < -0.3 is 14.4 Å². The minimum absolute atomic E-state index is 0.0119. The van der Waals surface area contributed by atoms with Crippen LogP contribution in [0.4, 0.5) is 17.1 Å². The molecular weight excluding hydrogens is 294 g/mol. The van der Waals surface area contributed by atoms with Gasteiger partial charge in [-0.15, -0.1) is 0 Å². The number of nitrogens with zero attached hydrogens (tertiary/aromatic N) is 3. The smallest absolute Gasteiger partial charge is 0.299 e. The molecule has 22 heavy (non-hydrogen) atoms. The second kappa shape index (κ2) is 6.67. The monoisotopic (exact) mass is 311 g/mol. The van der Waals surface area contributed by atoms with Crippen LogP contribution in [-0.2, 0) is 9.47 Å². The minimum atomic E-state index is -0.603. The summed E-state index contributed by atoms with van der Waals surface area (Å²) >= 11 is 0. The van der Waals surface area contributed by atoms with E-state index in [2.05, 4.69) is 0 Å². The first-order valence-corrected chi connectivity index (χ1v) is 6.85. The summed E-state index contributed by atoms with van der Waals surface area (Å²) in [5.74, 6) is 0. The first-order valence-electron chi connectivity index (χ1n) is 6.85. The van der Waals surface area contributed by atoms with Gasteiger partial charge in [0.25, 0.3) is 11.4 Å². The van der Waals surface area contributed by atoms with E-state index in [1.807, 2.05) is 0 Å². The van der Waals surface area contributed by atoms with Crippen molar-refractivity contribution in [1.29, 1.82) is 0 Å². The zero-order valence-electron chi connectivity index (χ0n) is 12.4. The molecule has 0 atom stereocenters. The molecule has 0 radical (unpaired) electrons. The lowest BCUT2D eigenvalue weighted by molar-refractivity contribution is -0.392. The number of nitro groups is 2. The standard InChI is InChI=1S/C13H17N3O6/c1-3-14(8-12-21-4-5-22-12)13-10(15(17)18)6-9(2)7-11(13)16(19)20/h6-7,12H,3-5,8H2,1-2H3. The number of likely N-dealkylation sites (N-methyl/N-ethyl adjacent to an activating group) is 1. The van der Waals surface area contributed by atoms with Crippen LogP contribution in [0.3, 0.4) is 0 Å². The highest BCUT2D eigenvalue weighted by Gasteiger charge is 2.32. The van der Waals surface area contributed by atoms with Gasteiger partial charge in [-0.25, -0.2) is 0 Å². The number of benzene rings is 1. The topological polar surface area (TPSA) is 108 Å². The van der Waals surface area contributed by atoms with Gasteiger partial charge >= 0.3 is 0 Å². The Bertz CT molecular complexity index is 550. The van der Waals surface area contributed by atoms with E-state index in [-0.39, 0.29) is 23.6 Å². The lowest BCUT2D eigenvalue weighted by Crippen LogP contribution is -2.33. The van der Waals surface area contributed by atoms with Crippen molar-refractivity contribution in [3.8, 4) is 0 Å². The predicted octanol–water partition coefficient (Wildman–Crippen LogP) is 2.01. The van der Waals surface area contributed by atoms with Crippen LogP contribution in [0, 0.1) is 27.2 Å². The summed E-state index contributed by atoms with van der Waals surface area (Å²) in [6.07, 6.45) is -0.541. The average Bonchev–Trinajstić information content (AvgIpc) is 2.97. The van der Waals surface area contributed by atoms with E-state index >= 15 is 0 Å².